The minimum Gasteiger partial charge on any atom is -0.497 e. The van der Waals surface area contributed by atoms with Crippen LogP contribution in [0.15, 0.2) is 42.7 Å². The number of rotatable bonds is 6. The van der Waals surface area contributed by atoms with E-state index >= 15 is 0 Å². The van der Waals surface area contributed by atoms with Crippen molar-refractivity contribution in [1.82, 2.24) is 9.88 Å². The highest BCUT2D eigenvalue weighted by Gasteiger charge is 2.25. The van der Waals surface area contributed by atoms with Crippen LogP contribution in [0.2, 0.25) is 0 Å². The van der Waals surface area contributed by atoms with E-state index in [-0.39, 0.29) is 17.4 Å². The quantitative estimate of drug-likeness (QED) is 0.826. The Bertz CT molecular complexity index is 835. The van der Waals surface area contributed by atoms with E-state index in [1.54, 1.807) is 18.1 Å². The lowest BCUT2D eigenvalue weighted by Gasteiger charge is -2.32. The molecule has 1 N–H and O–H groups in total. The number of ether oxygens (including phenoxy) is 1. The summed E-state index contributed by atoms with van der Waals surface area (Å²) in [6, 6.07) is 8.66. The predicted molar refractivity (Wildman–Crippen MR) is 104 cm³/mol. The fraction of sp³-hybridized carbons (Fsp3) is 0.381. The third-order valence-corrected chi connectivity index (χ3v) is 5.04. The molecule has 7 heteroatoms. The zero-order chi connectivity index (χ0) is 19.9. The van der Waals surface area contributed by atoms with Gasteiger partial charge in [0.05, 0.1) is 18.9 Å². The highest BCUT2D eigenvalue weighted by molar-refractivity contribution is 5.94. The van der Waals surface area contributed by atoms with Crippen LogP contribution in [0.1, 0.15) is 36.0 Å². The Labute approximate surface area is 163 Å². The fourth-order valence-electron chi connectivity index (χ4n) is 3.40. The molecule has 0 saturated carbocycles. The van der Waals surface area contributed by atoms with Gasteiger partial charge in [0.1, 0.15) is 5.75 Å². The molecule has 0 aliphatic carbocycles. The first-order valence-electron chi connectivity index (χ1n) is 9.39. The predicted octanol–water partition coefficient (Wildman–Crippen LogP) is 3.50. The van der Waals surface area contributed by atoms with Crippen LogP contribution < -0.4 is 10.1 Å². The number of methoxy groups -OCH3 is 1. The lowest BCUT2D eigenvalue weighted by molar-refractivity contribution is -0.116. The summed E-state index contributed by atoms with van der Waals surface area (Å²) in [5.74, 6) is 0.145. The second-order valence-electron chi connectivity index (χ2n) is 6.91. The van der Waals surface area contributed by atoms with Crippen molar-refractivity contribution in [2.45, 2.75) is 25.7 Å². The minimum atomic E-state index is -0.594. The van der Waals surface area contributed by atoms with E-state index in [1.807, 2.05) is 18.2 Å². The molecule has 28 heavy (non-hydrogen) atoms. The summed E-state index contributed by atoms with van der Waals surface area (Å²) in [7, 11) is 1.58. The molecule has 2 amide bonds. The Balaban J connectivity index is 1.43. The maximum absolute atomic E-state index is 13.7. The molecule has 0 unspecified atom stereocenters. The van der Waals surface area contributed by atoms with Crippen LogP contribution in [0.25, 0.3) is 0 Å². The van der Waals surface area contributed by atoms with E-state index in [9.17, 15) is 14.0 Å². The number of amides is 2. The summed E-state index contributed by atoms with van der Waals surface area (Å²) in [6.07, 6.45) is 5.29. The summed E-state index contributed by atoms with van der Waals surface area (Å²) >= 11 is 0. The molecule has 1 aromatic heterocycles. The Morgan fingerprint density at radius 2 is 2.07 bits per heavy atom. The molecule has 0 spiro atoms. The highest BCUT2D eigenvalue weighted by Crippen LogP contribution is 2.24. The molecule has 0 atom stereocenters. The van der Waals surface area contributed by atoms with Crippen LogP contribution in [0.4, 0.5) is 10.1 Å². The number of carbonyl (C=O) groups excluding carboxylic acids is 2. The van der Waals surface area contributed by atoms with Crippen molar-refractivity contribution in [3.8, 4) is 5.75 Å². The molecule has 6 nitrogen and oxygen atoms in total. The lowest BCUT2D eigenvalue weighted by atomic mass is 9.91. The number of nitrogens with zero attached hydrogens (tertiary/aromatic N) is 2. The first-order chi connectivity index (χ1) is 13.6. The summed E-state index contributed by atoms with van der Waals surface area (Å²) in [5, 5.41) is 2.88. The van der Waals surface area contributed by atoms with Gasteiger partial charge < -0.3 is 15.0 Å². The number of nitrogens with one attached hydrogen (secondary N) is 1. The standard InChI is InChI=1S/C21H24FN3O3/c1-28-17-4-2-3-16(13-17)24-20(26)6-5-15-8-11-25(12-9-15)21(27)18-7-10-23-14-19(18)22/h2-4,7,10,13-15H,5-6,8-9,11-12H2,1H3,(H,24,26). The number of benzene rings is 1. The monoisotopic (exact) mass is 385 g/mol. The molecule has 1 saturated heterocycles. The van der Waals surface area contributed by atoms with Gasteiger partial charge in [0, 0.05) is 37.5 Å². The van der Waals surface area contributed by atoms with Crippen LogP contribution in [0, 0.1) is 11.7 Å². The molecule has 148 valence electrons. The highest BCUT2D eigenvalue weighted by atomic mass is 19.1. The van der Waals surface area contributed by atoms with Gasteiger partial charge in [0.15, 0.2) is 5.82 Å². The molecule has 3 rings (SSSR count). The number of hydrogen-bond acceptors (Lipinski definition) is 4. The fourth-order valence-corrected chi connectivity index (χ4v) is 3.40. The van der Waals surface area contributed by atoms with Gasteiger partial charge >= 0.3 is 0 Å². The van der Waals surface area contributed by atoms with Crippen molar-refractivity contribution in [2.24, 2.45) is 5.92 Å². The van der Waals surface area contributed by atoms with Gasteiger partial charge in [-0.05, 0) is 43.4 Å². The molecule has 2 heterocycles. The van der Waals surface area contributed by atoms with E-state index in [4.69, 9.17) is 4.74 Å². The first kappa shape index (κ1) is 19.8. The average molecular weight is 385 g/mol. The number of pyridine rings is 1. The number of likely N-dealkylation sites (tertiary alicyclic amines) is 1. The Morgan fingerprint density at radius 1 is 1.29 bits per heavy atom. The summed E-state index contributed by atoms with van der Waals surface area (Å²) < 4.78 is 18.9. The van der Waals surface area contributed by atoms with Gasteiger partial charge in [0.2, 0.25) is 5.91 Å². The number of anilines is 1. The molecule has 1 aliphatic heterocycles. The van der Waals surface area contributed by atoms with Crippen LogP contribution in [0.5, 0.6) is 5.75 Å². The molecule has 0 bridgehead atoms. The summed E-state index contributed by atoms with van der Waals surface area (Å²) in [6.45, 7) is 1.14. The van der Waals surface area contributed by atoms with Crippen LogP contribution >= 0.6 is 0 Å². The van der Waals surface area contributed by atoms with Gasteiger partial charge in [-0.15, -0.1) is 0 Å². The van der Waals surface area contributed by atoms with Crippen molar-refractivity contribution >= 4 is 17.5 Å². The second-order valence-corrected chi connectivity index (χ2v) is 6.91. The maximum atomic E-state index is 13.7. The van der Waals surface area contributed by atoms with E-state index in [2.05, 4.69) is 10.3 Å². The summed E-state index contributed by atoms with van der Waals surface area (Å²) in [4.78, 5) is 30.0. The van der Waals surface area contributed by atoms with Gasteiger partial charge in [-0.3, -0.25) is 14.6 Å². The molecule has 1 fully saturated rings. The molecule has 1 aliphatic rings. The zero-order valence-electron chi connectivity index (χ0n) is 15.9. The SMILES string of the molecule is COc1cccc(NC(=O)CCC2CCN(C(=O)c3ccncc3F)CC2)c1. The van der Waals surface area contributed by atoms with Crippen LogP contribution in [0.3, 0.4) is 0 Å². The third kappa shape index (κ3) is 5.06. The smallest absolute Gasteiger partial charge is 0.256 e. The molecular formula is C21H24FN3O3. The largest absolute Gasteiger partial charge is 0.497 e. The second kappa shape index (κ2) is 9.30. The Morgan fingerprint density at radius 3 is 2.79 bits per heavy atom. The topological polar surface area (TPSA) is 71.5 Å². The van der Waals surface area contributed by atoms with Gasteiger partial charge in [-0.2, -0.15) is 0 Å². The number of piperidine rings is 1. The van der Waals surface area contributed by atoms with Gasteiger partial charge in [-0.25, -0.2) is 4.39 Å². The van der Waals surface area contributed by atoms with E-state index in [0.29, 0.717) is 36.9 Å². The van der Waals surface area contributed by atoms with Crippen molar-refractivity contribution in [2.75, 3.05) is 25.5 Å². The van der Waals surface area contributed by atoms with Crippen LogP contribution in [-0.2, 0) is 4.79 Å². The molecular weight excluding hydrogens is 361 g/mol. The molecule has 1 aromatic carbocycles. The Hall–Kier alpha value is -2.96. The zero-order valence-corrected chi connectivity index (χ0v) is 15.9. The Kier molecular flexibility index (Phi) is 6.57. The minimum absolute atomic E-state index is 0.0365. The van der Waals surface area contributed by atoms with E-state index < -0.39 is 5.82 Å². The van der Waals surface area contributed by atoms with Crippen molar-refractivity contribution in [3.63, 3.8) is 0 Å². The van der Waals surface area contributed by atoms with Crippen molar-refractivity contribution < 1.29 is 18.7 Å². The van der Waals surface area contributed by atoms with Gasteiger partial charge in [-0.1, -0.05) is 6.07 Å². The number of hydrogen-bond donors (Lipinski definition) is 1. The van der Waals surface area contributed by atoms with E-state index in [0.717, 1.165) is 25.5 Å². The summed E-state index contributed by atoms with van der Waals surface area (Å²) in [5.41, 5.74) is 0.773. The van der Waals surface area contributed by atoms with Crippen LogP contribution in [-0.4, -0.2) is 41.9 Å². The van der Waals surface area contributed by atoms with Gasteiger partial charge in [0.25, 0.3) is 5.91 Å². The number of aromatic nitrogens is 1. The molecule has 2 aromatic rings. The molecule has 0 radical (unpaired) electrons. The van der Waals surface area contributed by atoms with Crippen molar-refractivity contribution in [3.05, 3.63) is 54.1 Å². The number of halogens is 1. The normalized spacial score (nSPS) is 14.6. The average Bonchev–Trinajstić information content (AvgIpc) is 2.72. The number of carbonyl (C=O) groups is 2. The third-order valence-electron chi connectivity index (χ3n) is 5.04. The van der Waals surface area contributed by atoms with Crippen molar-refractivity contribution in [1.29, 1.82) is 0 Å². The maximum Gasteiger partial charge on any atom is 0.256 e. The lowest BCUT2D eigenvalue weighted by Crippen LogP contribution is -2.39. The van der Waals surface area contributed by atoms with E-state index in [1.165, 1.54) is 12.3 Å². The first-order valence-corrected chi connectivity index (χ1v) is 9.39.